The topological polar surface area (TPSA) is 12.0 Å². The zero-order valence-corrected chi connectivity index (χ0v) is 6.60. The van der Waals surface area contributed by atoms with E-state index >= 15 is 0 Å². The molecule has 0 amide bonds. The smallest absolute Gasteiger partial charge is 0.0141 e. The standard InChI is InChI=1S/C9H17N/c1-2-4-6-8-10-9-7-5-3-1/h6,8,10H,1-5,7,9H2. The molecular formula is C9H17N. The van der Waals surface area contributed by atoms with E-state index in [1.54, 1.807) is 0 Å². The molecule has 58 valence electrons. The Bertz CT molecular complexity index is 84.9. The molecule has 1 aliphatic heterocycles. The minimum atomic E-state index is 1.16. The quantitative estimate of drug-likeness (QED) is 0.543. The average Bonchev–Trinajstić information content (AvgIpc) is 2.01. The van der Waals surface area contributed by atoms with Crippen LogP contribution in [0.2, 0.25) is 0 Å². The molecular weight excluding hydrogens is 122 g/mol. The first kappa shape index (κ1) is 7.64. The summed E-state index contributed by atoms with van der Waals surface area (Å²) in [4.78, 5) is 0. The van der Waals surface area contributed by atoms with E-state index in [1.165, 1.54) is 38.5 Å². The summed E-state index contributed by atoms with van der Waals surface area (Å²) in [5.41, 5.74) is 0. The van der Waals surface area contributed by atoms with Gasteiger partial charge in [0, 0.05) is 6.54 Å². The molecule has 0 aromatic carbocycles. The van der Waals surface area contributed by atoms with Gasteiger partial charge in [-0.2, -0.15) is 0 Å². The molecule has 10 heavy (non-hydrogen) atoms. The van der Waals surface area contributed by atoms with E-state index in [0.29, 0.717) is 0 Å². The van der Waals surface area contributed by atoms with Crippen molar-refractivity contribution >= 4 is 0 Å². The Morgan fingerprint density at radius 3 is 2.70 bits per heavy atom. The predicted octanol–water partition coefficient (Wildman–Crippen LogP) is 2.44. The van der Waals surface area contributed by atoms with Crippen molar-refractivity contribution in [1.29, 1.82) is 0 Å². The summed E-state index contributed by atoms with van der Waals surface area (Å²) in [6, 6.07) is 0. The second kappa shape index (κ2) is 5.33. The van der Waals surface area contributed by atoms with Crippen molar-refractivity contribution in [3.05, 3.63) is 12.3 Å². The van der Waals surface area contributed by atoms with Gasteiger partial charge in [-0.1, -0.05) is 25.3 Å². The third-order valence-electron chi connectivity index (χ3n) is 1.93. The average molecular weight is 139 g/mol. The van der Waals surface area contributed by atoms with Gasteiger partial charge in [0.1, 0.15) is 0 Å². The van der Waals surface area contributed by atoms with E-state index < -0.39 is 0 Å². The lowest BCUT2D eigenvalue weighted by Gasteiger charge is -2.03. The van der Waals surface area contributed by atoms with Gasteiger partial charge in [-0.05, 0) is 25.5 Å². The van der Waals surface area contributed by atoms with Crippen LogP contribution in [0.1, 0.15) is 38.5 Å². The lowest BCUT2D eigenvalue weighted by Crippen LogP contribution is -2.06. The minimum Gasteiger partial charge on any atom is -0.391 e. The molecule has 1 heterocycles. The Kier molecular flexibility index (Phi) is 4.08. The zero-order chi connectivity index (χ0) is 7.07. The van der Waals surface area contributed by atoms with Gasteiger partial charge in [-0.25, -0.2) is 0 Å². The van der Waals surface area contributed by atoms with Gasteiger partial charge < -0.3 is 5.32 Å². The molecule has 0 radical (unpaired) electrons. The Morgan fingerprint density at radius 1 is 0.900 bits per heavy atom. The van der Waals surface area contributed by atoms with E-state index in [9.17, 15) is 0 Å². The Balaban J connectivity index is 2.13. The molecule has 1 heteroatoms. The first-order valence-corrected chi connectivity index (χ1v) is 4.38. The SMILES string of the molecule is C1=CNCCCCCCC1. The summed E-state index contributed by atoms with van der Waals surface area (Å²) >= 11 is 0. The maximum absolute atomic E-state index is 3.27. The third-order valence-corrected chi connectivity index (χ3v) is 1.93. The molecule has 0 saturated carbocycles. The van der Waals surface area contributed by atoms with E-state index in [0.717, 1.165) is 6.54 Å². The highest BCUT2D eigenvalue weighted by Gasteiger charge is 1.90. The van der Waals surface area contributed by atoms with Crippen molar-refractivity contribution in [3.63, 3.8) is 0 Å². The molecule has 0 bridgehead atoms. The molecule has 0 unspecified atom stereocenters. The van der Waals surface area contributed by atoms with Crippen molar-refractivity contribution in [1.82, 2.24) is 5.32 Å². The minimum absolute atomic E-state index is 1.16. The monoisotopic (exact) mass is 139 g/mol. The maximum Gasteiger partial charge on any atom is 0.0141 e. The van der Waals surface area contributed by atoms with Crippen LogP contribution in [0.4, 0.5) is 0 Å². The summed E-state index contributed by atoms with van der Waals surface area (Å²) in [7, 11) is 0. The fourth-order valence-electron chi connectivity index (χ4n) is 1.27. The van der Waals surface area contributed by atoms with Gasteiger partial charge in [-0.15, -0.1) is 0 Å². The molecule has 0 aromatic rings. The maximum atomic E-state index is 3.27. The summed E-state index contributed by atoms with van der Waals surface area (Å²) in [6.07, 6.45) is 12.6. The van der Waals surface area contributed by atoms with Gasteiger partial charge in [0.2, 0.25) is 0 Å². The Hall–Kier alpha value is -0.460. The van der Waals surface area contributed by atoms with Crippen LogP contribution in [0.15, 0.2) is 12.3 Å². The normalized spacial score (nSPS) is 21.6. The Labute approximate surface area is 63.5 Å². The largest absolute Gasteiger partial charge is 0.391 e. The van der Waals surface area contributed by atoms with E-state index in [2.05, 4.69) is 17.6 Å². The lowest BCUT2D eigenvalue weighted by molar-refractivity contribution is 0.597. The number of rotatable bonds is 0. The van der Waals surface area contributed by atoms with Crippen LogP contribution in [0.25, 0.3) is 0 Å². The molecule has 0 aromatic heterocycles. The molecule has 0 fully saturated rings. The van der Waals surface area contributed by atoms with E-state index in [-0.39, 0.29) is 0 Å². The van der Waals surface area contributed by atoms with Crippen LogP contribution < -0.4 is 5.32 Å². The summed E-state index contributed by atoms with van der Waals surface area (Å²) in [6.45, 7) is 1.16. The molecule has 1 rings (SSSR count). The van der Waals surface area contributed by atoms with Crippen LogP contribution >= 0.6 is 0 Å². The summed E-state index contributed by atoms with van der Waals surface area (Å²) < 4.78 is 0. The van der Waals surface area contributed by atoms with Crippen molar-refractivity contribution in [3.8, 4) is 0 Å². The van der Waals surface area contributed by atoms with Gasteiger partial charge in [0.15, 0.2) is 0 Å². The molecule has 0 saturated heterocycles. The first-order chi connectivity index (χ1) is 5.00. The first-order valence-electron chi connectivity index (χ1n) is 4.38. The van der Waals surface area contributed by atoms with E-state index in [1.807, 2.05) is 0 Å². The third kappa shape index (κ3) is 3.54. The van der Waals surface area contributed by atoms with Crippen LogP contribution in [0.3, 0.4) is 0 Å². The number of nitrogens with one attached hydrogen (secondary N) is 1. The molecule has 1 aliphatic rings. The van der Waals surface area contributed by atoms with Crippen LogP contribution in [-0.4, -0.2) is 6.54 Å². The number of hydrogen-bond donors (Lipinski definition) is 1. The fraction of sp³-hybridized carbons (Fsp3) is 0.778. The molecule has 0 spiro atoms. The van der Waals surface area contributed by atoms with Crippen LogP contribution in [0, 0.1) is 0 Å². The van der Waals surface area contributed by atoms with Crippen molar-refractivity contribution in [2.45, 2.75) is 38.5 Å². The van der Waals surface area contributed by atoms with Crippen molar-refractivity contribution in [2.75, 3.05) is 6.54 Å². The van der Waals surface area contributed by atoms with Crippen molar-refractivity contribution < 1.29 is 0 Å². The predicted molar refractivity (Wildman–Crippen MR) is 44.8 cm³/mol. The molecule has 1 N–H and O–H groups in total. The second-order valence-corrected chi connectivity index (χ2v) is 2.91. The van der Waals surface area contributed by atoms with Gasteiger partial charge in [0.05, 0.1) is 0 Å². The van der Waals surface area contributed by atoms with Gasteiger partial charge in [-0.3, -0.25) is 0 Å². The summed E-state index contributed by atoms with van der Waals surface area (Å²) in [5.74, 6) is 0. The zero-order valence-electron chi connectivity index (χ0n) is 6.60. The highest BCUT2D eigenvalue weighted by atomic mass is 14.8. The highest BCUT2D eigenvalue weighted by Crippen LogP contribution is 2.06. The van der Waals surface area contributed by atoms with Gasteiger partial charge >= 0.3 is 0 Å². The number of hydrogen-bond acceptors (Lipinski definition) is 1. The number of allylic oxidation sites excluding steroid dienone is 1. The molecule has 0 atom stereocenters. The second-order valence-electron chi connectivity index (χ2n) is 2.91. The van der Waals surface area contributed by atoms with E-state index in [4.69, 9.17) is 0 Å². The van der Waals surface area contributed by atoms with Crippen LogP contribution in [-0.2, 0) is 0 Å². The lowest BCUT2D eigenvalue weighted by atomic mass is 10.1. The molecule has 1 nitrogen and oxygen atoms in total. The highest BCUT2D eigenvalue weighted by molar-refractivity contribution is 4.79. The van der Waals surface area contributed by atoms with Crippen LogP contribution in [0.5, 0.6) is 0 Å². The van der Waals surface area contributed by atoms with Gasteiger partial charge in [0.25, 0.3) is 0 Å². The fourth-order valence-corrected chi connectivity index (χ4v) is 1.27. The summed E-state index contributed by atoms with van der Waals surface area (Å²) in [5, 5.41) is 3.27. The Morgan fingerprint density at radius 2 is 1.70 bits per heavy atom. The molecule has 0 aliphatic carbocycles. The van der Waals surface area contributed by atoms with Crippen molar-refractivity contribution in [2.24, 2.45) is 0 Å².